The smallest absolute Gasteiger partial charge is 0.263 e. The van der Waals surface area contributed by atoms with Crippen molar-refractivity contribution in [2.75, 3.05) is 0 Å². The minimum Gasteiger partial charge on any atom is -0.263 e. The van der Waals surface area contributed by atoms with Crippen LogP contribution in [0.3, 0.4) is 0 Å². The topological polar surface area (TPSA) is 89.3 Å². The van der Waals surface area contributed by atoms with Gasteiger partial charge in [-0.1, -0.05) is 41.4 Å². The summed E-state index contributed by atoms with van der Waals surface area (Å²) in [4.78, 5) is 8.55. The Kier molecular flexibility index (Phi) is 5.73. The zero-order valence-corrected chi connectivity index (χ0v) is 15.8. The van der Waals surface area contributed by atoms with Crippen molar-refractivity contribution in [1.82, 2.24) is 4.72 Å². The highest BCUT2D eigenvalue weighted by Crippen LogP contribution is 2.34. The van der Waals surface area contributed by atoms with Crippen molar-refractivity contribution >= 4 is 33.2 Å². The van der Waals surface area contributed by atoms with Crippen LogP contribution in [0.25, 0.3) is 0 Å². The molecule has 0 bridgehead atoms. The molecule has 0 aliphatic carbocycles. The number of hydrogen-bond donors (Lipinski definition) is 1. The van der Waals surface area contributed by atoms with E-state index < -0.39 is 26.0 Å². The average Bonchev–Trinajstić information content (AvgIpc) is 2.54. The highest BCUT2D eigenvalue weighted by Gasteiger charge is 2.47. The van der Waals surface area contributed by atoms with E-state index >= 15 is 0 Å². The van der Waals surface area contributed by atoms with Crippen LogP contribution < -0.4 is 4.72 Å². The maximum absolute atomic E-state index is 12.6. The van der Waals surface area contributed by atoms with E-state index in [1.165, 1.54) is 36.4 Å². The number of halogens is 2. The van der Waals surface area contributed by atoms with Crippen LogP contribution in [0.5, 0.6) is 0 Å². The first-order valence-corrected chi connectivity index (χ1v) is 9.46. The standard InChI is InChI=1S/C16H16Cl2N2O4S/c1-11-3-9-14(10-4-11)25(23,24)19-15(16(2,18)20(21)22)12-5-7-13(17)8-6-12/h3-10,15,19H,1-2H3/t15-,16+/m0/s1. The molecule has 0 aliphatic rings. The van der Waals surface area contributed by atoms with E-state index in [-0.39, 0.29) is 4.90 Å². The zero-order valence-electron chi connectivity index (χ0n) is 13.4. The molecule has 0 amide bonds. The van der Waals surface area contributed by atoms with Gasteiger partial charge in [-0.15, -0.1) is 0 Å². The van der Waals surface area contributed by atoms with Gasteiger partial charge in [0, 0.05) is 16.9 Å². The summed E-state index contributed by atoms with van der Waals surface area (Å²) in [6.07, 6.45) is 0. The van der Waals surface area contributed by atoms with Gasteiger partial charge in [0.05, 0.1) is 4.90 Å². The Balaban J connectivity index is 2.47. The second-order valence-corrected chi connectivity index (χ2v) is 8.62. The molecule has 0 spiro atoms. The van der Waals surface area contributed by atoms with Gasteiger partial charge >= 0.3 is 5.00 Å². The number of nitro groups is 1. The average molecular weight is 403 g/mol. The Morgan fingerprint density at radius 1 is 1.12 bits per heavy atom. The molecule has 0 saturated carbocycles. The summed E-state index contributed by atoms with van der Waals surface area (Å²) in [6.45, 7) is 2.97. The highest BCUT2D eigenvalue weighted by molar-refractivity contribution is 7.89. The molecule has 134 valence electrons. The first kappa shape index (κ1) is 19.7. The maximum atomic E-state index is 12.6. The first-order valence-electron chi connectivity index (χ1n) is 7.22. The van der Waals surface area contributed by atoms with Crippen molar-refractivity contribution in [3.05, 3.63) is 74.8 Å². The summed E-state index contributed by atoms with van der Waals surface area (Å²) in [5, 5.41) is 11.8. The van der Waals surface area contributed by atoms with Gasteiger partial charge in [0.1, 0.15) is 6.04 Å². The van der Waals surface area contributed by atoms with Gasteiger partial charge in [0.15, 0.2) is 0 Å². The molecule has 2 atom stereocenters. The number of benzene rings is 2. The summed E-state index contributed by atoms with van der Waals surface area (Å²) < 4.78 is 27.6. The minimum atomic E-state index is -4.02. The predicted octanol–water partition coefficient (Wildman–Crippen LogP) is 3.90. The SMILES string of the molecule is Cc1ccc(S(=O)(=O)N[C@@H](c2ccc(Cl)cc2)[C@](C)(Cl)[N+](=O)[O-])cc1. The molecule has 6 nitrogen and oxygen atoms in total. The van der Waals surface area contributed by atoms with Gasteiger partial charge in [0.25, 0.3) is 0 Å². The lowest BCUT2D eigenvalue weighted by Crippen LogP contribution is -2.45. The maximum Gasteiger partial charge on any atom is 0.312 e. The largest absolute Gasteiger partial charge is 0.312 e. The number of nitrogens with zero attached hydrogens (tertiary/aromatic N) is 1. The normalized spacial score (nSPS) is 15.4. The molecule has 0 saturated heterocycles. The lowest BCUT2D eigenvalue weighted by atomic mass is 10.0. The van der Waals surface area contributed by atoms with Crippen molar-refractivity contribution < 1.29 is 13.3 Å². The summed E-state index contributed by atoms with van der Waals surface area (Å²) >= 11 is 11.9. The van der Waals surface area contributed by atoms with Gasteiger partial charge in [-0.2, -0.15) is 4.72 Å². The van der Waals surface area contributed by atoms with E-state index in [1.54, 1.807) is 12.1 Å². The summed E-state index contributed by atoms with van der Waals surface area (Å²) in [6, 6.07) is 10.8. The fourth-order valence-electron chi connectivity index (χ4n) is 2.18. The van der Waals surface area contributed by atoms with E-state index in [9.17, 15) is 18.5 Å². The Bertz CT molecular complexity index is 866. The molecule has 25 heavy (non-hydrogen) atoms. The highest BCUT2D eigenvalue weighted by atomic mass is 35.5. The third-order valence-electron chi connectivity index (χ3n) is 3.69. The van der Waals surface area contributed by atoms with Crippen LogP contribution in [0, 0.1) is 17.0 Å². The lowest BCUT2D eigenvalue weighted by Gasteiger charge is -2.26. The van der Waals surface area contributed by atoms with Crippen LogP contribution in [0.15, 0.2) is 53.4 Å². The molecule has 1 N–H and O–H groups in total. The van der Waals surface area contributed by atoms with Gasteiger partial charge < -0.3 is 0 Å². The Hall–Kier alpha value is -1.67. The molecule has 0 heterocycles. The molecule has 2 aromatic carbocycles. The van der Waals surface area contributed by atoms with Crippen LogP contribution in [0.1, 0.15) is 24.1 Å². The third-order valence-corrected chi connectivity index (χ3v) is 5.74. The van der Waals surface area contributed by atoms with Gasteiger partial charge in [-0.25, -0.2) is 8.42 Å². The van der Waals surface area contributed by atoms with Gasteiger partial charge in [-0.05, 0) is 48.4 Å². The van der Waals surface area contributed by atoms with Gasteiger partial charge in [0.2, 0.25) is 10.0 Å². The molecule has 9 heteroatoms. The van der Waals surface area contributed by atoms with Crippen molar-refractivity contribution in [3.8, 4) is 0 Å². The van der Waals surface area contributed by atoms with Crippen molar-refractivity contribution in [2.24, 2.45) is 0 Å². The van der Waals surface area contributed by atoms with E-state index in [2.05, 4.69) is 4.72 Å². The molecular weight excluding hydrogens is 387 g/mol. The van der Waals surface area contributed by atoms with Gasteiger partial charge in [-0.3, -0.25) is 10.1 Å². The number of alkyl halides is 1. The van der Waals surface area contributed by atoms with Crippen LogP contribution in [-0.2, 0) is 10.0 Å². The molecule has 0 unspecified atom stereocenters. The predicted molar refractivity (Wildman–Crippen MR) is 96.9 cm³/mol. The molecule has 0 aliphatic heterocycles. The van der Waals surface area contributed by atoms with Crippen LogP contribution >= 0.6 is 23.2 Å². The quantitative estimate of drug-likeness (QED) is 0.343. The second kappa shape index (κ2) is 7.29. The molecule has 0 radical (unpaired) electrons. The minimum absolute atomic E-state index is 0.00659. The summed E-state index contributed by atoms with van der Waals surface area (Å²) in [5.74, 6) is 0. The zero-order chi connectivity index (χ0) is 18.8. The summed E-state index contributed by atoms with van der Waals surface area (Å²) in [5.41, 5.74) is 1.22. The van der Waals surface area contributed by atoms with Crippen LogP contribution in [0.2, 0.25) is 5.02 Å². The number of nitrogens with one attached hydrogen (secondary N) is 1. The van der Waals surface area contributed by atoms with Crippen LogP contribution in [0.4, 0.5) is 0 Å². The number of aryl methyl sites for hydroxylation is 1. The number of hydrogen-bond acceptors (Lipinski definition) is 4. The Morgan fingerprint density at radius 2 is 1.64 bits per heavy atom. The lowest BCUT2D eigenvalue weighted by molar-refractivity contribution is -0.542. The number of rotatable bonds is 6. The third kappa shape index (κ3) is 4.49. The van der Waals surface area contributed by atoms with Crippen molar-refractivity contribution in [1.29, 1.82) is 0 Å². The second-order valence-electron chi connectivity index (χ2n) is 5.70. The number of sulfonamides is 1. The van der Waals surface area contributed by atoms with Crippen LogP contribution in [-0.4, -0.2) is 18.3 Å². The molecule has 2 aromatic rings. The van der Waals surface area contributed by atoms with Crippen molar-refractivity contribution in [2.45, 2.75) is 29.8 Å². The fourth-order valence-corrected chi connectivity index (χ4v) is 3.86. The monoisotopic (exact) mass is 402 g/mol. The Labute approximate surface area is 156 Å². The first-order chi connectivity index (χ1) is 11.5. The van der Waals surface area contributed by atoms with E-state index in [1.807, 2.05) is 6.92 Å². The Morgan fingerprint density at radius 3 is 2.12 bits per heavy atom. The molecular formula is C16H16Cl2N2O4S. The molecule has 0 fully saturated rings. The summed E-state index contributed by atoms with van der Waals surface area (Å²) in [7, 11) is -4.02. The van der Waals surface area contributed by atoms with Crippen molar-refractivity contribution in [3.63, 3.8) is 0 Å². The van der Waals surface area contributed by atoms with E-state index in [4.69, 9.17) is 23.2 Å². The van der Waals surface area contributed by atoms with E-state index in [0.29, 0.717) is 10.6 Å². The fraction of sp³-hybridized carbons (Fsp3) is 0.250. The molecule has 0 aromatic heterocycles. The van der Waals surface area contributed by atoms with E-state index in [0.717, 1.165) is 12.5 Å². The molecule has 2 rings (SSSR count).